The van der Waals surface area contributed by atoms with E-state index in [2.05, 4.69) is 10.1 Å². The number of ether oxygens (including phenoxy) is 1. The third-order valence-electron chi connectivity index (χ3n) is 3.55. The lowest BCUT2D eigenvalue weighted by molar-refractivity contribution is -0.274. The van der Waals surface area contributed by atoms with Crippen LogP contribution >= 0.6 is 23.2 Å². The van der Waals surface area contributed by atoms with Gasteiger partial charge in [-0.25, -0.2) is 0 Å². The number of nitrogens with zero attached hydrogens (tertiary/aromatic N) is 1. The Morgan fingerprint density at radius 3 is 2.26 bits per heavy atom. The Bertz CT molecular complexity index is 796. The molecule has 1 unspecified atom stereocenters. The Morgan fingerprint density at radius 1 is 1.11 bits per heavy atom. The van der Waals surface area contributed by atoms with E-state index in [1.54, 1.807) is 18.2 Å². The fourth-order valence-corrected chi connectivity index (χ4v) is 2.68. The van der Waals surface area contributed by atoms with Crippen LogP contribution in [0.15, 0.2) is 42.5 Å². The summed E-state index contributed by atoms with van der Waals surface area (Å²) in [5, 5.41) is 3.61. The fraction of sp³-hybridized carbons (Fsp3) is 0.278. The van der Waals surface area contributed by atoms with Crippen molar-refractivity contribution in [2.24, 2.45) is 0 Å². The van der Waals surface area contributed by atoms with Crippen molar-refractivity contribution in [2.45, 2.75) is 12.4 Å². The second-order valence-corrected chi connectivity index (χ2v) is 6.85. The van der Waals surface area contributed by atoms with E-state index in [1.807, 2.05) is 19.0 Å². The summed E-state index contributed by atoms with van der Waals surface area (Å²) < 4.78 is 40.4. The Morgan fingerprint density at radius 2 is 1.74 bits per heavy atom. The Hall–Kier alpha value is -1.96. The van der Waals surface area contributed by atoms with Crippen LogP contribution in [0.5, 0.6) is 5.75 Å². The van der Waals surface area contributed by atoms with Crippen molar-refractivity contribution in [3.05, 3.63) is 63.6 Å². The molecule has 9 heteroatoms. The number of hydrogen-bond donors (Lipinski definition) is 1. The number of hydrogen-bond acceptors (Lipinski definition) is 3. The predicted octanol–water partition coefficient (Wildman–Crippen LogP) is 4.92. The molecule has 0 radical (unpaired) electrons. The van der Waals surface area contributed by atoms with Crippen LogP contribution in [0.1, 0.15) is 22.0 Å². The number of benzene rings is 2. The van der Waals surface area contributed by atoms with E-state index in [-0.39, 0.29) is 5.56 Å². The normalized spacial score (nSPS) is 12.7. The topological polar surface area (TPSA) is 41.6 Å². The summed E-state index contributed by atoms with van der Waals surface area (Å²) in [4.78, 5) is 14.4. The molecule has 2 rings (SSSR count). The molecular weight excluding hydrogens is 404 g/mol. The Labute approximate surface area is 164 Å². The van der Waals surface area contributed by atoms with Crippen LogP contribution in [0, 0.1) is 0 Å². The zero-order valence-corrected chi connectivity index (χ0v) is 16.0. The molecular formula is C18H17Cl2F3N2O2. The van der Waals surface area contributed by atoms with Crippen molar-refractivity contribution in [1.82, 2.24) is 10.2 Å². The van der Waals surface area contributed by atoms with Gasteiger partial charge in [0.25, 0.3) is 5.91 Å². The number of rotatable bonds is 6. The van der Waals surface area contributed by atoms with Gasteiger partial charge in [-0.3, -0.25) is 4.79 Å². The monoisotopic (exact) mass is 420 g/mol. The van der Waals surface area contributed by atoms with E-state index in [0.717, 1.165) is 17.7 Å². The second kappa shape index (κ2) is 8.82. The van der Waals surface area contributed by atoms with Crippen LogP contribution in [0.3, 0.4) is 0 Å². The molecule has 2 aromatic rings. The molecule has 0 spiro atoms. The summed E-state index contributed by atoms with van der Waals surface area (Å²) in [6.45, 7) is 0.485. The molecule has 2 aromatic carbocycles. The number of likely N-dealkylation sites (N-methyl/N-ethyl adjacent to an activating group) is 1. The quantitative estimate of drug-likeness (QED) is 0.720. The standard InChI is InChI=1S/C18H17Cl2F3N2O2/c1-25(2)10-16(12-5-8-14(19)15(20)9-12)24-17(26)11-3-6-13(7-4-11)27-18(21,22)23/h3-9,16H,10H2,1-2H3,(H,24,26). The molecule has 1 N–H and O–H groups in total. The lowest BCUT2D eigenvalue weighted by atomic mass is 10.1. The van der Waals surface area contributed by atoms with Crippen LogP contribution in [0.4, 0.5) is 13.2 Å². The number of carbonyl (C=O) groups is 1. The first-order valence-electron chi connectivity index (χ1n) is 7.81. The minimum Gasteiger partial charge on any atom is -0.406 e. The predicted molar refractivity (Wildman–Crippen MR) is 98.3 cm³/mol. The summed E-state index contributed by atoms with van der Waals surface area (Å²) in [6.07, 6.45) is -4.78. The van der Waals surface area contributed by atoms with Gasteiger partial charge in [0.2, 0.25) is 0 Å². The highest BCUT2D eigenvalue weighted by Gasteiger charge is 2.31. The van der Waals surface area contributed by atoms with Crippen molar-refractivity contribution >= 4 is 29.1 Å². The first-order chi connectivity index (χ1) is 12.5. The van der Waals surface area contributed by atoms with Gasteiger partial charge in [0, 0.05) is 12.1 Å². The summed E-state index contributed by atoms with van der Waals surface area (Å²) in [7, 11) is 3.69. The van der Waals surface area contributed by atoms with E-state index in [9.17, 15) is 18.0 Å². The smallest absolute Gasteiger partial charge is 0.406 e. The van der Waals surface area contributed by atoms with Crippen molar-refractivity contribution in [3.63, 3.8) is 0 Å². The zero-order valence-electron chi connectivity index (χ0n) is 14.5. The highest BCUT2D eigenvalue weighted by atomic mass is 35.5. The molecule has 0 aliphatic heterocycles. The minimum absolute atomic E-state index is 0.202. The molecule has 0 bridgehead atoms. The van der Waals surface area contributed by atoms with Crippen molar-refractivity contribution < 1.29 is 22.7 Å². The molecule has 1 amide bonds. The highest BCUT2D eigenvalue weighted by molar-refractivity contribution is 6.42. The minimum atomic E-state index is -4.78. The molecule has 0 saturated carbocycles. The number of alkyl halides is 3. The fourth-order valence-electron chi connectivity index (χ4n) is 2.38. The summed E-state index contributed by atoms with van der Waals surface area (Å²) >= 11 is 12.0. The van der Waals surface area contributed by atoms with E-state index < -0.39 is 24.1 Å². The van der Waals surface area contributed by atoms with E-state index in [4.69, 9.17) is 23.2 Å². The maximum atomic E-state index is 12.5. The number of halogens is 5. The van der Waals surface area contributed by atoms with E-state index in [1.165, 1.54) is 12.1 Å². The van der Waals surface area contributed by atoms with Gasteiger partial charge in [-0.2, -0.15) is 0 Å². The zero-order chi connectivity index (χ0) is 20.2. The molecule has 1 atom stereocenters. The molecule has 0 aromatic heterocycles. The van der Waals surface area contributed by atoms with Gasteiger partial charge in [-0.1, -0.05) is 29.3 Å². The average molecular weight is 421 g/mol. The maximum Gasteiger partial charge on any atom is 0.573 e. The lowest BCUT2D eigenvalue weighted by Gasteiger charge is -2.23. The Kier molecular flexibility index (Phi) is 6.97. The molecule has 0 fully saturated rings. The first-order valence-corrected chi connectivity index (χ1v) is 8.57. The molecule has 0 aliphatic rings. The van der Waals surface area contributed by atoms with Gasteiger partial charge in [0.05, 0.1) is 16.1 Å². The molecule has 146 valence electrons. The summed E-state index contributed by atoms with van der Waals surface area (Å²) in [5.41, 5.74) is 0.955. The maximum absolute atomic E-state index is 12.5. The van der Waals surface area contributed by atoms with Gasteiger partial charge >= 0.3 is 6.36 Å². The van der Waals surface area contributed by atoms with Gasteiger partial charge in [-0.05, 0) is 56.1 Å². The van der Waals surface area contributed by atoms with Gasteiger partial charge in [0.1, 0.15) is 5.75 Å². The largest absolute Gasteiger partial charge is 0.573 e. The van der Waals surface area contributed by atoms with E-state index >= 15 is 0 Å². The molecule has 0 heterocycles. The molecule has 0 aliphatic carbocycles. The average Bonchev–Trinajstić information content (AvgIpc) is 2.55. The van der Waals surface area contributed by atoms with Crippen LogP contribution in [-0.2, 0) is 0 Å². The SMILES string of the molecule is CN(C)CC(NC(=O)c1ccc(OC(F)(F)F)cc1)c1ccc(Cl)c(Cl)c1. The number of amides is 1. The van der Waals surface area contributed by atoms with Crippen LogP contribution < -0.4 is 10.1 Å². The van der Waals surface area contributed by atoms with E-state index in [0.29, 0.717) is 16.6 Å². The van der Waals surface area contributed by atoms with Crippen molar-refractivity contribution in [1.29, 1.82) is 0 Å². The molecule has 0 saturated heterocycles. The van der Waals surface area contributed by atoms with Crippen LogP contribution in [0.25, 0.3) is 0 Å². The van der Waals surface area contributed by atoms with Gasteiger partial charge in [-0.15, -0.1) is 13.2 Å². The first kappa shape index (κ1) is 21.3. The van der Waals surface area contributed by atoms with Crippen LogP contribution in [0.2, 0.25) is 10.0 Å². The number of nitrogens with one attached hydrogen (secondary N) is 1. The lowest BCUT2D eigenvalue weighted by Crippen LogP contribution is -2.35. The van der Waals surface area contributed by atoms with Gasteiger partial charge < -0.3 is 15.0 Å². The highest BCUT2D eigenvalue weighted by Crippen LogP contribution is 2.27. The third kappa shape index (κ3) is 6.61. The molecule has 4 nitrogen and oxygen atoms in total. The van der Waals surface area contributed by atoms with Crippen molar-refractivity contribution in [3.8, 4) is 5.75 Å². The van der Waals surface area contributed by atoms with Gasteiger partial charge in [0.15, 0.2) is 0 Å². The van der Waals surface area contributed by atoms with Crippen molar-refractivity contribution in [2.75, 3.05) is 20.6 Å². The third-order valence-corrected chi connectivity index (χ3v) is 4.29. The Balaban J connectivity index is 2.16. The molecule has 27 heavy (non-hydrogen) atoms. The summed E-state index contributed by atoms with van der Waals surface area (Å²) in [6, 6.07) is 9.35. The summed E-state index contributed by atoms with van der Waals surface area (Å²) in [5.74, 6) is -0.833. The second-order valence-electron chi connectivity index (χ2n) is 6.03. The number of carbonyl (C=O) groups excluding carboxylic acids is 1. The van der Waals surface area contributed by atoms with Crippen LogP contribution in [-0.4, -0.2) is 37.8 Å².